The molecule has 1 aliphatic heterocycles. The fourth-order valence-corrected chi connectivity index (χ4v) is 1.44. The summed E-state index contributed by atoms with van der Waals surface area (Å²) in [7, 11) is 1.41. The van der Waals surface area contributed by atoms with Crippen LogP contribution in [0.2, 0.25) is 0 Å². The van der Waals surface area contributed by atoms with Crippen molar-refractivity contribution in [3.8, 4) is 0 Å². The van der Waals surface area contributed by atoms with E-state index in [1.165, 1.54) is 12.2 Å². The summed E-state index contributed by atoms with van der Waals surface area (Å²) in [5, 5.41) is 10.3. The van der Waals surface area contributed by atoms with E-state index in [1.54, 1.807) is 0 Å². The molecule has 1 rings (SSSR count). The van der Waals surface area contributed by atoms with Crippen LogP contribution in [0.25, 0.3) is 0 Å². The highest BCUT2D eigenvalue weighted by atomic mass is 16.5. The number of hydrogen-bond acceptors (Lipinski definition) is 4. The lowest BCUT2D eigenvalue weighted by atomic mass is 9.95. The second-order valence-electron chi connectivity index (χ2n) is 3.18. The predicted octanol–water partition coefficient (Wildman–Crippen LogP) is 0.651. The van der Waals surface area contributed by atoms with Crippen molar-refractivity contribution in [2.45, 2.75) is 19.3 Å². The van der Waals surface area contributed by atoms with Crippen molar-refractivity contribution < 1.29 is 14.7 Å². The standard InChI is InChI=1S/C8H15NO3/c1-12-8(10)6-7-2-4-9(11)5-3-7/h7,11H,2-6H2,1H3. The van der Waals surface area contributed by atoms with Gasteiger partial charge in [0.1, 0.15) is 0 Å². The Morgan fingerprint density at radius 3 is 2.67 bits per heavy atom. The first-order valence-corrected chi connectivity index (χ1v) is 4.23. The number of ether oxygens (including phenoxy) is 1. The van der Waals surface area contributed by atoms with Crippen LogP contribution < -0.4 is 0 Å². The van der Waals surface area contributed by atoms with Gasteiger partial charge in [0.25, 0.3) is 0 Å². The number of nitrogens with zero attached hydrogens (tertiary/aromatic N) is 1. The lowest BCUT2D eigenvalue weighted by Crippen LogP contribution is -2.31. The maximum atomic E-state index is 10.9. The molecule has 0 atom stereocenters. The molecule has 1 fully saturated rings. The van der Waals surface area contributed by atoms with Crippen molar-refractivity contribution in [1.82, 2.24) is 5.06 Å². The van der Waals surface area contributed by atoms with Gasteiger partial charge >= 0.3 is 5.97 Å². The second kappa shape index (κ2) is 4.42. The Balaban J connectivity index is 2.21. The van der Waals surface area contributed by atoms with Crippen LogP contribution >= 0.6 is 0 Å². The number of methoxy groups -OCH3 is 1. The molecular weight excluding hydrogens is 158 g/mol. The Labute approximate surface area is 72.1 Å². The number of hydrogen-bond donors (Lipinski definition) is 1. The summed E-state index contributed by atoms with van der Waals surface area (Å²) < 4.78 is 4.56. The Bertz CT molecular complexity index is 152. The van der Waals surface area contributed by atoms with Crippen LogP contribution in [-0.2, 0) is 9.53 Å². The minimum Gasteiger partial charge on any atom is -0.469 e. The molecule has 0 amide bonds. The summed E-state index contributed by atoms with van der Waals surface area (Å²) in [6.45, 7) is 1.34. The van der Waals surface area contributed by atoms with Crippen molar-refractivity contribution in [3.63, 3.8) is 0 Å². The summed E-state index contributed by atoms with van der Waals surface area (Å²) in [5.41, 5.74) is 0. The highest BCUT2D eigenvalue weighted by Gasteiger charge is 2.20. The molecule has 0 saturated carbocycles. The summed E-state index contributed by atoms with van der Waals surface area (Å²) in [6.07, 6.45) is 2.25. The maximum Gasteiger partial charge on any atom is 0.305 e. The molecule has 0 aromatic carbocycles. The summed E-state index contributed by atoms with van der Waals surface area (Å²) in [4.78, 5) is 10.9. The van der Waals surface area contributed by atoms with E-state index in [-0.39, 0.29) is 5.97 Å². The third kappa shape index (κ3) is 2.79. The van der Waals surface area contributed by atoms with Gasteiger partial charge in [0.15, 0.2) is 0 Å². The quantitative estimate of drug-likeness (QED) is 0.623. The molecule has 4 heteroatoms. The minimum atomic E-state index is -0.147. The molecule has 1 N–H and O–H groups in total. The van der Waals surface area contributed by atoms with Gasteiger partial charge in [-0.05, 0) is 18.8 Å². The average molecular weight is 173 g/mol. The first-order valence-electron chi connectivity index (χ1n) is 4.23. The monoisotopic (exact) mass is 173 g/mol. The molecule has 12 heavy (non-hydrogen) atoms. The number of piperidine rings is 1. The maximum absolute atomic E-state index is 10.9. The van der Waals surface area contributed by atoms with Crippen molar-refractivity contribution >= 4 is 5.97 Å². The van der Waals surface area contributed by atoms with Gasteiger partial charge in [-0.3, -0.25) is 4.79 Å². The van der Waals surface area contributed by atoms with Crippen molar-refractivity contribution in [2.75, 3.05) is 20.2 Å². The molecule has 0 unspecified atom stereocenters. The molecule has 0 spiro atoms. The molecule has 0 aliphatic carbocycles. The SMILES string of the molecule is COC(=O)CC1CCN(O)CC1. The van der Waals surface area contributed by atoms with E-state index < -0.39 is 0 Å². The number of rotatable bonds is 2. The Hall–Kier alpha value is -0.610. The van der Waals surface area contributed by atoms with Gasteiger partial charge in [-0.2, -0.15) is 5.06 Å². The molecule has 0 aromatic heterocycles. The zero-order chi connectivity index (χ0) is 8.97. The van der Waals surface area contributed by atoms with E-state index in [9.17, 15) is 4.79 Å². The molecule has 1 aliphatic rings. The number of hydroxylamine groups is 2. The first kappa shape index (κ1) is 9.48. The fraction of sp³-hybridized carbons (Fsp3) is 0.875. The molecule has 0 radical (unpaired) electrons. The Morgan fingerprint density at radius 2 is 2.17 bits per heavy atom. The van der Waals surface area contributed by atoms with Crippen LogP contribution in [0.15, 0.2) is 0 Å². The minimum absolute atomic E-state index is 0.147. The molecule has 1 heterocycles. The molecule has 1 saturated heterocycles. The third-order valence-electron chi connectivity index (χ3n) is 2.27. The third-order valence-corrected chi connectivity index (χ3v) is 2.27. The second-order valence-corrected chi connectivity index (χ2v) is 3.18. The zero-order valence-electron chi connectivity index (χ0n) is 7.32. The van der Waals surface area contributed by atoms with Crippen LogP contribution in [0.1, 0.15) is 19.3 Å². The number of carbonyl (C=O) groups is 1. The van der Waals surface area contributed by atoms with Gasteiger partial charge in [-0.15, -0.1) is 0 Å². The summed E-state index contributed by atoms with van der Waals surface area (Å²) in [5.74, 6) is 0.243. The fourth-order valence-electron chi connectivity index (χ4n) is 1.44. The van der Waals surface area contributed by atoms with Gasteiger partial charge in [-0.25, -0.2) is 0 Å². The van der Waals surface area contributed by atoms with E-state index >= 15 is 0 Å². The van der Waals surface area contributed by atoms with E-state index in [0.717, 1.165) is 12.8 Å². The van der Waals surface area contributed by atoms with Crippen LogP contribution in [-0.4, -0.2) is 36.4 Å². The molecular formula is C8H15NO3. The molecule has 70 valence electrons. The smallest absolute Gasteiger partial charge is 0.305 e. The molecule has 4 nitrogen and oxygen atoms in total. The highest BCUT2D eigenvalue weighted by molar-refractivity contribution is 5.69. The normalized spacial score (nSPS) is 20.8. The average Bonchev–Trinajstić information content (AvgIpc) is 2.09. The Morgan fingerprint density at radius 1 is 1.58 bits per heavy atom. The van der Waals surface area contributed by atoms with Crippen LogP contribution in [0.4, 0.5) is 0 Å². The molecule has 0 bridgehead atoms. The van der Waals surface area contributed by atoms with E-state index in [1.807, 2.05) is 0 Å². The first-order chi connectivity index (χ1) is 5.72. The topological polar surface area (TPSA) is 49.8 Å². The van der Waals surface area contributed by atoms with Crippen LogP contribution in [0.5, 0.6) is 0 Å². The lowest BCUT2D eigenvalue weighted by Gasteiger charge is -2.26. The highest BCUT2D eigenvalue weighted by Crippen LogP contribution is 2.19. The summed E-state index contributed by atoms with van der Waals surface area (Å²) >= 11 is 0. The van der Waals surface area contributed by atoms with Gasteiger partial charge in [0.05, 0.1) is 7.11 Å². The van der Waals surface area contributed by atoms with Crippen LogP contribution in [0, 0.1) is 5.92 Å². The number of esters is 1. The number of carbonyl (C=O) groups excluding carboxylic acids is 1. The van der Waals surface area contributed by atoms with E-state index in [0.29, 0.717) is 25.4 Å². The van der Waals surface area contributed by atoms with Crippen molar-refractivity contribution in [3.05, 3.63) is 0 Å². The van der Waals surface area contributed by atoms with Gasteiger partial charge < -0.3 is 9.94 Å². The van der Waals surface area contributed by atoms with E-state index in [2.05, 4.69) is 4.74 Å². The zero-order valence-corrected chi connectivity index (χ0v) is 7.32. The van der Waals surface area contributed by atoms with Crippen molar-refractivity contribution in [1.29, 1.82) is 0 Å². The molecule has 0 aromatic rings. The van der Waals surface area contributed by atoms with Gasteiger partial charge in [-0.1, -0.05) is 0 Å². The largest absolute Gasteiger partial charge is 0.469 e. The van der Waals surface area contributed by atoms with E-state index in [4.69, 9.17) is 5.21 Å². The predicted molar refractivity (Wildman–Crippen MR) is 42.7 cm³/mol. The van der Waals surface area contributed by atoms with Crippen LogP contribution in [0.3, 0.4) is 0 Å². The van der Waals surface area contributed by atoms with Crippen molar-refractivity contribution in [2.24, 2.45) is 5.92 Å². The lowest BCUT2D eigenvalue weighted by molar-refractivity contribution is -0.144. The Kier molecular flexibility index (Phi) is 3.49. The summed E-state index contributed by atoms with van der Waals surface area (Å²) in [6, 6.07) is 0. The van der Waals surface area contributed by atoms with Gasteiger partial charge in [0.2, 0.25) is 0 Å². The van der Waals surface area contributed by atoms with Gasteiger partial charge in [0, 0.05) is 19.5 Å².